The Balaban J connectivity index is 2.29. The van der Waals surface area contributed by atoms with Crippen LogP contribution in [0.3, 0.4) is 0 Å². The number of benzene rings is 1. The molecule has 1 aromatic carbocycles. The first-order valence-electron chi connectivity index (χ1n) is 6.84. The highest BCUT2D eigenvalue weighted by atomic mass is 16.2. The van der Waals surface area contributed by atoms with Crippen molar-refractivity contribution in [3.05, 3.63) is 35.9 Å². The van der Waals surface area contributed by atoms with E-state index < -0.39 is 6.04 Å². The van der Waals surface area contributed by atoms with Gasteiger partial charge in [-0.2, -0.15) is 0 Å². The van der Waals surface area contributed by atoms with Gasteiger partial charge in [0.2, 0.25) is 11.8 Å². The lowest BCUT2D eigenvalue weighted by Gasteiger charge is -2.38. The lowest BCUT2D eigenvalue weighted by Crippen LogP contribution is -2.59. The average molecular weight is 260 g/mol. The molecule has 0 aromatic heterocycles. The van der Waals surface area contributed by atoms with Crippen LogP contribution in [-0.4, -0.2) is 29.3 Å². The Kier molecular flexibility index (Phi) is 4.20. The van der Waals surface area contributed by atoms with Crippen molar-refractivity contribution >= 4 is 11.8 Å². The molecule has 2 rings (SSSR count). The van der Waals surface area contributed by atoms with Gasteiger partial charge >= 0.3 is 0 Å². The number of piperazine rings is 1. The Labute approximate surface area is 113 Å². The van der Waals surface area contributed by atoms with Gasteiger partial charge in [-0.3, -0.25) is 9.59 Å². The summed E-state index contributed by atoms with van der Waals surface area (Å²) in [6.07, 6.45) is 1.58. The van der Waals surface area contributed by atoms with E-state index in [0.717, 1.165) is 12.0 Å². The quantitative estimate of drug-likeness (QED) is 0.898. The van der Waals surface area contributed by atoms with Crippen LogP contribution < -0.4 is 5.32 Å². The van der Waals surface area contributed by atoms with E-state index in [1.165, 1.54) is 0 Å². The normalized spacial score (nSPS) is 23.4. The number of nitrogens with zero attached hydrogens (tertiary/aromatic N) is 1. The molecule has 1 aliphatic heterocycles. The maximum absolute atomic E-state index is 12.4. The SMILES string of the molecule is CCCC1NC(=O)C(c2ccccc2)N(CC)C1=O. The fourth-order valence-corrected chi connectivity index (χ4v) is 2.57. The molecule has 1 aromatic rings. The Morgan fingerprint density at radius 3 is 2.42 bits per heavy atom. The second-order valence-corrected chi connectivity index (χ2v) is 4.79. The zero-order chi connectivity index (χ0) is 13.8. The van der Waals surface area contributed by atoms with E-state index >= 15 is 0 Å². The van der Waals surface area contributed by atoms with Crippen LogP contribution in [0.2, 0.25) is 0 Å². The van der Waals surface area contributed by atoms with Crippen molar-refractivity contribution < 1.29 is 9.59 Å². The molecule has 1 heterocycles. The van der Waals surface area contributed by atoms with Gasteiger partial charge in [0, 0.05) is 6.54 Å². The zero-order valence-electron chi connectivity index (χ0n) is 11.4. The van der Waals surface area contributed by atoms with Gasteiger partial charge in [-0.1, -0.05) is 43.7 Å². The standard InChI is InChI=1S/C15H20N2O2/c1-3-8-12-15(19)17(4-2)13(14(18)16-12)11-9-6-5-7-10-11/h5-7,9-10,12-13H,3-4,8H2,1-2H3,(H,16,18). The molecule has 1 fully saturated rings. The van der Waals surface area contributed by atoms with Crippen LogP contribution in [0, 0.1) is 0 Å². The molecule has 1 saturated heterocycles. The molecule has 1 aliphatic rings. The monoisotopic (exact) mass is 260 g/mol. The molecule has 1 N–H and O–H groups in total. The third-order valence-electron chi connectivity index (χ3n) is 3.49. The van der Waals surface area contributed by atoms with Crippen molar-refractivity contribution in [2.75, 3.05) is 6.54 Å². The molecule has 0 spiro atoms. The molecule has 4 heteroatoms. The molecule has 19 heavy (non-hydrogen) atoms. The van der Waals surface area contributed by atoms with Crippen molar-refractivity contribution in [1.82, 2.24) is 10.2 Å². The summed E-state index contributed by atoms with van der Waals surface area (Å²) in [7, 11) is 0. The van der Waals surface area contributed by atoms with Crippen molar-refractivity contribution in [2.45, 2.75) is 38.8 Å². The molecule has 4 nitrogen and oxygen atoms in total. The molecule has 2 amide bonds. The summed E-state index contributed by atoms with van der Waals surface area (Å²) >= 11 is 0. The zero-order valence-corrected chi connectivity index (χ0v) is 11.4. The van der Waals surface area contributed by atoms with Gasteiger partial charge in [-0.05, 0) is 18.9 Å². The fourth-order valence-electron chi connectivity index (χ4n) is 2.57. The van der Waals surface area contributed by atoms with Crippen LogP contribution in [0.25, 0.3) is 0 Å². The fraction of sp³-hybridized carbons (Fsp3) is 0.467. The number of nitrogens with one attached hydrogen (secondary N) is 1. The van der Waals surface area contributed by atoms with E-state index in [1.807, 2.05) is 44.2 Å². The summed E-state index contributed by atoms with van der Waals surface area (Å²) in [6, 6.07) is 8.60. The van der Waals surface area contributed by atoms with Crippen molar-refractivity contribution in [3.8, 4) is 0 Å². The molecular weight excluding hydrogens is 240 g/mol. The first-order chi connectivity index (χ1) is 9.19. The highest BCUT2D eigenvalue weighted by molar-refractivity contribution is 5.97. The third-order valence-corrected chi connectivity index (χ3v) is 3.49. The Hall–Kier alpha value is -1.84. The molecule has 102 valence electrons. The van der Waals surface area contributed by atoms with E-state index in [0.29, 0.717) is 13.0 Å². The Morgan fingerprint density at radius 2 is 1.84 bits per heavy atom. The summed E-state index contributed by atoms with van der Waals surface area (Å²) in [5.41, 5.74) is 0.866. The third kappa shape index (κ3) is 2.62. The number of amides is 2. The van der Waals surface area contributed by atoms with Crippen molar-refractivity contribution in [3.63, 3.8) is 0 Å². The number of carbonyl (C=O) groups is 2. The highest BCUT2D eigenvalue weighted by Gasteiger charge is 2.39. The second-order valence-electron chi connectivity index (χ2n) is 4.79. The first-order valence-corrected chi connectivity index (χ1v) is 6.84. The average Bonchev–Trinajstić information content (AvgIpc) is 2.43. The lowest BCUT2D eigenvalue weighted by atomic mass is 9.98. The number of likely N-dealkylation sites (N-methyl/N-ethyl adjacent to an activating group) is 1. The summed E-state index contributed by atoms with van der Waals surface area (Å²) in [6.45, 7) is 4.47. The van der Waals surface area contributed by atoms with Crippen LogP contribution in [0.4, 0.5) is 0 Å². The van der Waals surface area contributed by atoms with Gasteiger partial charge in [-0.15, -0.1) is 0 Å². The van der Waals surface area contributed by atoms with E-state index in [4.69, 9.17) is 0 Å². The number of rotatable bonds is 4. The number of hydrogen-bond acceptors (Lipinski definition) is 2. The molecule has 2 unspecified atom stereocenters. The van der Waals surface area contributed by atoms with Gasteiger partial charge in [0.05, 0.1) is 0 Å². The van der Waals surface area contributed by atoms with E-state index in [2.05, 4.69) is 5.32 Å². The smallest absolute Gasteiger partial charge is 0.248 e. The highest BCUT2D eigenvalue weighted by Crippen LogP contribution is 2.26. The molecule has 0 radical (unpaired) electrons. The minimum absolute atomic E-state index is 0.0257. The Morgan fingerprint density at radius 1 is 1.16 bits per heavy atom. The molecule has 0 saturated carbocycles. The van der Waals surface area contributed by atoms with Crippen LogP contribution >= 0.6 is 0 Å². The molecule has 0 aliphatic carbocycles. The molecule has 0 bridgehead atoms. The van der Waals surface area contributed by atoms with Gasteiger partial charge in [0.25, 0.3) is 0 Å². The van der Waals surface area contributed by atoms with Gasteiger partial charge in [0.15, 0.2) is 0 Å². The summed E-state index contributed by atoms with van der Waals surface area (Å²) < 4.78 is 0. The van der Waals surface area contributed by atoms with Crippen LogP contribution in [0.1, 0.15) is 38.3 Å². The van der Waals surface area contributed by atoms with E-state index in [1.54, 1.807) is 4.90 Å². The van der Waals surface area contributed by atoms with Crippen molar-refractivity contribution in [2.24, 2.45) is 0 Å². The van der Waals surface area contributed by atoms with Gasteiger partial charge < -0.3 is 10.2 Å². The summed E-state index contributed by atoms with van der Waals surface area (Å²) in [5.74, 6) is -0.0519. The van der Waals surface area contributed by atoms with Crippen molar-refractivity contribution in [1.29, 1.82) is 0 Å². The topological polar surface area (TPSA) is 49.4 Å². The predicted octanol–water partition coefficient (Wildman–Crippen LogP) is 1.87. The van der Waals surface area contributed by atoms with E-state index in [9.17, 15) is 9.59 Å². The maximum Gasteiger partial charge on any atom is 0.248 e. The van der Waals surface area contributed by atoms with E-state index in [-0.39, 0.29) is 17.9 Å². The number of carbonyl (C=O) groups excluding carboxylic acids is 2. The molecule has 2 atom stereocenters. The lowest BCUT2D eigenvalue weighted by molar-refractivity contribution is -0.149. The minimum atomic E-state index is -0.494. The summed E-state index contributed by atoms with van der Waals surface area (Å²) in [5, 5.41) is 2.85. The number of hydrogen-bond donors (Lipinski definition) is 1. The second kappa shape index (κ2) is 5.87. The van der Waals surface area contributed by atoms with Gasteiger partial charge in [-0.25, -0.2) is 0 Å². The van der Waals surface area contributed by atoms with Crippen LogP contribution in [0.15, 0.2) is 30.3 Å². The maximum atomic E-state index is 12.4. The van der Waals surface area contributed by atoms with Crippen LogP contribution in [-0.2, 0) is 9.59 Å². The summed E-state index contributed by atoms with van der Waals surface area (Å²) in [4.78, 5) is 26.4. The van der Waals surface area contributed by atoms with Gasteiger partial charge in [0.1, 0.15) is 12.1 Å². The first kappa shape index (κ1) is 13.6. The Bertz CT molecular complexity index is 458. The predicted molar refractivity (Wildman–Crippen MR) is 73.4 cm³/mol. The van der Waals surface area contributed by atoms with Crippen LogP contribution in [0.5, 0.6) is 0 Å². The molecular formula is C15H20N2O2. The minimum Gasteiger partial charge on any atom is -0.342 e. The largest absolute Gasteiger partial charge is 0.342 e.